The molecule has 0 aliphatic rings. The van der Waals surface area contributed by atoms with Gasteiger partial charge in [0, 0.05) is 44.0 Å². The van der Waals surface area contributed by atoms with Gasteiger partial charge in [-0.3, -0.25) is 9.48 Å². The minimum atomic E-state index is -3.57. The summed E-state index contributed by atoms with van der Waals surface area (Å²) < 4.78 is 35.4. The summed E-state index contributed by atoms with van der Waals surface area (Å²) >= 11 is 0. The van der Waals surface area contributed by atoms with Crippen LogP contribution in [0.15, 0.2) is 54.1 Å². The van der Waals surface area contributed by atoms with Gasteiger partial charge in [0.25, 0.3) is 0 Å². The van der Waals surface area contributed by atoms with E-state index in [2.05, 4.69) is 10.2 Å². The van der Waals surface area contributed by atoms with Crippen molar-refractivity contribution in [1.82, 2.24) is 24.1 Å². The number of ketones is 1. The van der Waals surface area contributed by atoms with Gasteiger partial charge >= 0.3 is 5.97 Å². The van der Waals surface area contributed by atoms with Crippen molar-refractivity contribution in [3.05, 3.63) is 82.6 Å². The second-order valence-electron chi connectivity index (χ2n) is 8.67. The van der Waals surface area contributed by atoms with Crippen LogP contribution < -0.4 is 4.74 Å². The molecule has 0 fully saturated rings. The van der Waals surface area contributed by atoms with Crippen molar-refractivity contribution < 1.29 is 22.7 Å². The minimum Gasteiger partial charge on any atom is -0.403 e. The van der Waals surface area contributed by atoms with Crippen LogP contribution in [0.2, 0.25) is 0 Å². The number of nitrogens with zero attached hydrogens (tertiary/aromatic N) is 5. The summed E-state index contributed by atoms with van der Waals surface area (Å²) in [6.07, 6.45) is 9.31. The van der Waals surface area contributed by atoms with Gasteiger partial charge in [0.15, 0.2) is 15.6 Å². The molecule has 3 aromatic heterocycles. The molecular formula is C25H27N5O5S. The largest absolute Gasteiger partial charge is 0.403 e. The highest BCUT2D eigenvalue weighted by Gasteiger charge is 2.27. The molecule has 11 heteroatoms. The molecule has 0 N–H and O–H groups in total. The maximum atomic E-state index is 13.7. The molecule has 0 amide bonds. The van der Waals surface area contributed by atoms with Crippen LogP contribution in [-0.4, -0.2) is 50.6 Å². The van der Waals surface area contributed by atoms with E-state index in [1.54, 1.807) is 54.1 Å². The zero-order chi connectivity index (χ0) is 26.2. The number of esters is 1. The van der Waals surface area contributed by atoms with E-state index in [0.717, 1.165) is 11.8 Å². The van der Waals surface area contributed by atoms with Gasteiger partial charge in [-0.15, -0.1) is 0 Å². The Bertz CT molecular complexity index is 1580. The van der Waals surface area contributed by atoms with Gasteiger partial charge in [-0.1, -0.05) is 0 Å². The summed E-state index contributed by atoms with van der Waals surface area (Å²) in [5.41, 5.74) is 2.63. The van der Waals surface area contributed by atoms with Crippen LogP contribution in [0.3, 0.4) is 0 Å². The molecule has 0 atom stereocenters. The summed E-state index contributed by atoms with van der Waals surface area (Å²) in [6.45, 7) is 5.95. The average Bonchev–Trinajstić information content (AvgIpc) is 3.53. The first-order valence-electron chi connectivity index (χ1n) is 11.3. The lowest BCUT2D eigenvalue weighted by Crippen LogP contribution is -2.16. The summed E-state index contributed by atoms with van der Waals surface area (Å²) in [5, 5.41) is 8.48. The number of sulfone groups is 1. The topological polar surface area (TPSA) is 118 Å². The second kappa shape index (κ2) is 9.57. The third-order valence-electron chi connectivity index (χ3n) is 5.87. The number of hydrogen-bond acceptors (Lipinski definition) is 7. The fraction of sp³-hybridized carbons (Fsp3) is 0.280. The number of rotatable bonds is 8. The van der Waals surface area contributed by atoms with Crippen molar-refractivity contribution in [3.63, 3.8) is 0 Å². The number of carbonyl (C=O) groups is 2. The molecule has 3 heterocycles. The first-order valence-corrected chi connectivity index (χ1v) is 13.1. The van der Waals surface area contributed by atoms with Crippen LogP contribution in [0.5, 0.6) is 5.88 Å². The minimum absolute atomic E-state index is 0.0344. The standard InChI is InChI=1S/C25H27N5O5S/c1-6-30-24(35-25(32)18-9-10-28(4)14-18)20(12-27-30)23(31)19-7-8-22(36(5,33)34)21(17(19)3)15-29-13-16(2)11-26-29/h7-14H,6,15H2,1-5H3. The van der Waals surface area contributed by atoms with Crippen molar-refractivity contribution in [2.45, 2.75) is 38.8 Å². The van der Waals surface area contributed by atoms with E-state index in [4.69, 9.17) is 4.74 Å². The van der Waals surface area contributed by atoms with Gasteiger partial charge in [-0.2, -0.15) is 10.2 Å². The molecule has 10 nitrogen and oxygen atoms in total. The number of carbonyl (C=O) groups excluding carboxylic acids is 2. The van der Waals surface area contributed by atoms with Crippen molar-refractivity contribution in [2.24, 2.45) is 7.05 Å². The quantitative estimate of drug-likeness (QED) is 0.265. The van der Waals surface area contributed by atoms with Gasteiger partial charge in [0.2, 0.25) is 5.88 Å². The van der Waals surface area contributed by atoms with Crippen molar-refractivity contribution in [3.8, 4) is 5.88 Å². The van der Waals surface area contributed by atoms with Gasteiger partial charge in [-0.05, 0) is 55.7 Å². The average molecular weight is 510 g/mol. The Kier molecular flexibility index (Phi) is 6.68. The molecule has 4 aromatic rings. The molecular weight excluding hydrogens is 482 g/mol. The van der Waals surface area contributed by atoms with E-state index < -0.39 is 21.6 Å². The third kappa shape index (κ3) is 4.87. The number of aromatic nitrogens is 5. The lowest BCUT2D eigenvalue weighted by molar-refractivity contribution is 0.0716. The summed E-state index contributed by atoms with van der Waals surface area (Å²) in [7, 11) is -1.78. The highest BCUT2D eigenvalue weighted by atomic mass is 32.2. The predicted octanol–water partition coefficient (Wildman–Crippen LogP) is 2.96. The van der Waals surface area contributed by atoms with Crippen LogP contribution >= 0.6 is 0 Å². The summed E-state index contributed by atoms with van der Waals surface area (Å²) in [5.74, 6) is -1.01. The summed E-state index contributed by atoms with van der Waals surface area (Å²) in [4.78, 5) is 26.5. The molecule has 1 aromatic carbocycles. The molecule has 4 rings (SSSR count). The van der Waals surface area contributed by atoms with E-state index in [1.807, 2.05) is 13.8 Å². The summed E-state index contributed by atoms with van der Waals surface area (Å²) in [6, 6.07) is 4.53. The zero-order valence-corrected chi connectivity index (χ0v) is 21.5. The Morgan fingerprint density at radius 1 is 1.03 bits per heavy atom. The zero-order valence-electron chi connectivity index (χ0n) is 20.7. The molecule has 0 aliphatic carbocycles. The van der Waals surface area contributed by atoms with Gasteiger partial charge in [-0.25, -0.2) is 17.9 Å². The Morgan fingerprint density at radius 2 is 1.78 bits per heavy atom. The lowest BCUT2D eigenvalue weighted by atomic mass is 9.96. The Balaban J connectivity index is 1.77. The third-order valence-corrected chi connectivity index (χ3v) is 7.06. The van der Waals surface area contributed by atoms with Gasteiger partial charge in [0.05, 0.1) is 29.4 Å². The Labute approximate surface area is 209 Å². The SMILES string of the molecule is CCn1ncc(C(=O)c2ccc(S(C)(=O)=O)c(Cn3cc(C)cn3)c2C)c1OC(=O)c1ccn(C)c1. The molecule has 0 radical (unpaired) electrons. The first kappa shape index (κ1) is 25.1. The normalized spacial score (nSPS) is 11.6. The Morgan fingerprint density at radius 3 is 2.36 bits per heavy atom. The van der Waals surface area contributed by atoms with Gasteiger partial charge < -0.3 is 9.30 Å². The molecule has 0 saturated carbocycles. The monoisotopic (exact) mass is 509 g/mol. The van der Waals surface area contributed by atoms with Crippen LogP contribution in [0.25, 0.3) is 0 Å². The lowest BCUT2D eigenvalue weighted by Gasteiger charge is -2.15. The predicted molar refractivity (Wildman–Crippen MR) is 132 cm³/mol. The first-order chi connectivity index (χ1) is 17.0. The fourth-order valence-electron chi connectivity index (χ4n) is 4.02. The van der Waals surface area contributed by atoms with Crippen LogP contribution in [0.4, 0.5) is 0 Å². The molecule has 0 bridgehead atoms. The Hall–Kier alpha value is -3.99. The maximum absolute atomic E-state index is 13.7. The van der Waals surface area contributed by atoms with Gasteiger partial charge in [0.1, 0.15) is 5.56 Å². The number of hydrogen-bond donors (Lipinski definition) is 0. The van der Waals surface area contributed by atoms with Crippen LogP contribution in [0, 0.1) is 13.8 Å². The van der Waals surface area contributed by atoms with Crippen LogP contribution in [-0.2, 0) is 30.0 Å². The smallest absolute Gasteiger partial charge is 0.346 e. The fourth-order valence-corrected chi connectivity index (χ4v) is 5.00. The second-order valence-corrected chi connectivity index (χ2v) is 10.6. The number of aryl methyl sites for hydroxylation is 3. The van der Waals surface area contributed by atoms with E-state index >= 15 is 0 Å². The number of ether oxygens (including phenoxy) is 1. The van der Waals surface area contributed by atoms with Crippen molar-refractivity contribution in [2.75, 3.05) is 6.26 Å². The van der Waals surface area contributed by atoms with E-state index in [0.29, 0.717) is 23.2 Å². The van der Waals surface area contributed by atoms with Crippen molar-refractivity contribution >= 4 is 21.6 Å². The van der Waals surface area contributed by atoms with Crippen LogP contribution in [0.1, 0.15) is 49.9 Å². The molecule has 0 unspecified atom stereocenters. The van der Waals surface area contributed by atoms with E-state index in [-0.39, 0.29) is 28.4 Å². The number of benzene rings is 1. The molecule has 0 saturated heterocycles. The van der Waals surface area contributed by atoms with E-state index in [9.17, 15) is 18.0 Å². The highest BCUT2D eigenvalue weighted by molar-refractivity contribution is 7.90. The van der Waals surface area contributed by atoms with E-state index in [1.165, 1.54) is 23.0 Å². The van der Waals surface area contributed by atoms with Crippen molar-refractivity contribution in [1.29, 1.82) is 0 Å². The molecule has 188 valence electrons. The highest BCUT2D eigenvalue weighted by Crippen LogP contribution is 2.29. The molecule has 0 spiro atoms. The molecule has 0 aliphatic heterocycles. The molecule has 36 heavy (non-hydrogen) atoms. The maximum Gasteiger partial charge on any atom is 0.346 e.